The number of carbonyl (C=O) groups excluding carboxylic acids is 1. The minimum Gasteiger partial charge on any atom is -0.385 e. The van der Waals surface area contributed by atoms with Crippen molar-refractivity contribution in [2.24, 2.45) is 5.73 Å². The summed E-state index contributed by atoms with van der Waals surface area (Å²) >= 11 is 0. The zero-order valence-electron chi connectivity index (χ0n) is 9.45. The van der Waals surface area contributed by atoms with E-state index in [1.807, 2.05) is 6.92 Å². The van der Waals surface area contributed by atoms with Crippen molar-refractivity contribution in [3.05, 3.63) is 0 Å². The zero-order valence-corrected chi connectivity index (χ0v) is 9.45. The number of hydrogen-bond donors (Lipinski definition) is 2. The van der Waals surface area contributed by atoms with Gasteiger partial charge in [-0.15, -0.1) is 6.42 Å². The first kappa shape index (κ1) is 13.9. The highest BCUT2D eigenvalue weighted by Crippen LogP contribution is 1.96. The number of ether oxygens (including phenoxy) is 1. The van der Waals surface area contributed by atoms with E-state index in [1.54, 1.807) is 7.11 Å². The van der Waals surface area contributed by atoms with Crippen molar-refractivity contribution in [1.29, 1.82) is 0 Å². The van der Waals surface area contributed by atoms with Gasteiger partial charge in [-0.05, 0) is 12.8 Å². The van der Waals surface area contributed by atoms with Gasteiger partial charge in [0.1, 0.15) is 0 Å². The van der Waals surface area contributed by atoms with E-state index < -0.39 is 6.04 Å². The number of nitrogens with two attached hydrogens (primary N) is 1. The third kappa shape index (κ3) is 6.10. The van der Waals surface area contributed by atoms with Crippen molar-refractivity contribution in [2.45, 2.75) is 38.3 Å². The highest BCUT2D eigenvalue weighted by atomic mass is 16.5. The quantitative estimate of drug-likeness (QED) is 0.595. The fourth-order valence-corrected chi connectivity index (χ4v) is 1.14. The van der Waals surface area contributed by atoms with Gasteiger partial charge in [-0.25, -0.2) is 0 Å². The molecule has 0 aromatic heterocycles. The SMILES string of the molecule is C#CC(CCC)NC(=O)C(N)CCOC. The number of amides is 1. The van der Waals surface area contributed by atoms with Crippen LogP contribution >= 0.6 is 0 Å². The van der Waals surface area contributed by atoms with Crippen LogP contribution in [-0.4, -0.2) is 31.7 Å². The second-order valence-electron chi connectivity index (χ2n) is 3.40. The molecule has 2 atom stereocenters. The maximum atomic E-state index is 11.5. The van der Waals surface area contributed by atoms with Crippen LogP contribution in [0.1, 0.15) is 26.2 Å². The largest absolute Gasteiger partial charge is 0.385 e. The van der Waals surface area contributed by atoms with E-state index in [1.165, 1.54) is 0 Å². The van der Waals surface area contributed by atoms with Crippen molar-refractivity contribution in [1.82, 2.24) is 5.32 Å². The lowest BCUT2D eigenvalue weighted by Crippen LogP contribution is -2.45. The number of rotatable bonds is 7. The molecule has 0 aliphatic rings. The Kier molecular flexibility index (Phi) is 7.69. The number of terminal acetylenes is 1. The number of hydrogen-bond acceptors (Lipinski definition) is 3. The predicted octanol–water partition coefficient (Wildman–Crippen LogP) is 0.268. The molecule has 4 heteroatoms. The highest BCUT2D eigenvalue weighted by Gasteiger charge is 2.15. The Bertz CT molecular complexity index is 223. The summed E-state index contributed by atoms with van der Waals surface area (Å²) < 4.78 is 4.84. The Labute approximate surface area is 91.6 Å². The molecule has 0 radical (unpaired) electrons. The Hall–Kier alpha value is -1.05. The molecule has 2 unspecified atom stereocenters. The van der Waals surface area contributed by atoms with E-state index in [0.717, 1.165) is 12.8 Å². The Balaban J connectivity index is 3.94. The fraction of sp³-hybridized carbons (Fsp3) is 0.727. The molecule has 0 saturated heterocycles. The van der Waals surface area contributed by atoms with Crippen LogP contribution in [0.25, 0.3) is 0 Å². The fourth-order valence-electron chi connectivity index (χ4n) is 1.14. The molecule has 0 heterocycles. The van der Waals surface area contributed by atoms with Gasteiger partial charge in [0.25, 0.3) is 0 Å². The van der Waals surface area contributed by atoms with E-state index in [0.29, 0.717) is 13.0 Å². The number of nitrogens with one attached hydrogen (secondary N) is 1. The molecular weight excluding hydrogens is 192 g/mol. The Morgan fingerprint density at radius 3 is 2.73 bits per heavy atom. The van der Waals surface area contributed by atoms with Gasteiger partial charge in [0.15, 0.2) is 0 Å². The third-order valence-corrected chi connectivity index (χ3v) is 2.06. The smallest absolute Gasteiger partial charge is 0.237 e. The molecule has 3 N–H and O–H groups in total. The van der Waals surface area contributed by atoms with Crippen molar-refractivity contribution < 1.29 is 9.53 Å². The Morgan fingerprint density at radius 2 is 2.27 bits per heavy atom. The monoisotopic (exact) mass is 212 g/mol. The first-order chi connectivity index (χ1) is 7.15. The average molecular weight is 212 g/mol. The molecular formula is C11H20N2O2. The van der Waals surface area contributed by atoms with Crippen molar-refractivity contribution in [3.8, 4) is 12.3 Å². The molecule has 4 nitrogen and oxygen atoms in total. The van der Waals surface area contributed by atoms with Crippen LogP contribution < -0.4 is 11.1 Å². The van der Waals surface area contributed by atoms with Crippen LogP contribution in [0.2, 0.25) is 0 Å². The molecule has 1 amide bonds. The average Bonchev–Trinajstić information content (AvgIpc) is 2.24. The van der Waals surface area contributed by atoms with Gasteiger partial charge in [0, 0.05) is 13.7 Å². The first-order valence-corrected chi connectivity index (χ1v) is 5.16. The number of methoxy groups -OCH3 is 1. The van der Waals surface area contributed by atoms with E-state index >= 15 is 0 Å². The summed E-state index contributed by atoms with van der Waals surface area (Å²) in [5.41, 5.74) is 5.64. The van der Waals surface area contributed by atoms with Crippen LogP contribution in [0.4, 0.5) is 0 Å². The molecule has 0 spiro atoms. The minimum absolute atomic E-state index is 0.205. The standard InChI is InChI=1S/C11H20N2O2/c1-4-6-9(5-2)13-11(14)10(12)7-8-15-3/h2,9-10H,4,6-8,12H2,1,3H3,(H,13,14). The van der Waals surface area contributed by atoms with Crippen LogP contribution in [0, 0.1) is 12.3 Å². The normalized spacial score (nSPS) is 14.0. The van der Waals surface area contributed by atoms with E-state index in [4.69, 9.17) is 16.9 Å². The van der Waals surface area contributed by atoms with Gasteiger partial charge in [-0.3, -0.25) is 4.79 Å². The topological polar surface area (TPSA) is 64.4 Å². The van der Waals surface area contributed by atoms with Crippen molar-refractivity contribution >= 4 is 5.91 Å². The molecule has 0 aliphatic carbocycles. The van der Waals surface area contributed by atoms with Gasteiger partial charge < -0.3 is 15.8 Å². The molecule has 0 aromatic carbocycles. The van der Waals surface area contributed by atoms with E-state index in [-0.39, 0.29) is 11.9 Å². The van der Waals surface area contributed by atoms with Gasteiger partial charge in [-0.2, -0.15) is 0 Å². The molecule has 15 heavy (non-hydrogen) atoms. The van der Waals surface area contributed by atoms with Crippen LogP contribution in [0.5, 0.6) is 0 Å². The molecule has 0 rings (SSSR count). The van der Waals surface area contributed by atoms with Crippen LogP contribution in [-0.2, 0) is 9.53 Å². The first-order valence-electron chi connectivity index (χ1n) is 5.16. The minimum atomic E-state index is -0.544. The summed E-state index contributed by atoms with van der Waals surface area (Å²) in [7, 11) is 1.58. The lowest BCUT2D eigenvalue weighted by Gasteiger charge is -2.16. The summed E-state index contributed by atoms with van der Waals surface area (Å²) in [6.45, 7) is 2.49. The summed E-state index contributed by atoms with van der Waals surface area (Å²) in [5.74, 6) is 2.32. The lowest BCUT2D eigenvalue weighted by molar-refractivity contribution is -0.123. The molecule has 0 fully saturated rings. The van der Waals surface area contributed by atoms with Crippen molar-refractivity contribution in [3.63, 3.8) is 0 Å². The maximum absolute atomic E-state index is 11.5. The van der Waals surface area contributed by atoms with Gasteiger partial charge >= 0.3 is 0 Å². The van der Waals surface area contributed by atoms with Gasteiger partial charge in [-0.1, -0.05) is 19.3 Å². The van der Waals surface area contributed by atoms with E-state index in [9.17, 15) is 4.79 Å². The molecule has 0 aromatic rings. The molecule has 86 valence electrons. The predicted molar refractivity (Wildman–Crippen MR) is 60.1 cm³/mol. The summed E-state index contributed by atoms with van der Waals surface area (Å²) in [4.78, 5) is 11.5. The second kappa shape index (κ2) is 8.27. The van der Waals surface area contributed by atoms with Crippen molar-refractivity contribution in [2.75, 3.05) is 13.7 Å². The number of carbonyl (C=O) groups is 1. The van der Waals surface area contributed by atoms with E-state index in [2.05, 4.69) is 11.2 Å². The van der Waals surface area contributed by atoms with Crippen LogP contribution in [0.3, 0.4) is 0 Å². The summed E-state index contributed by atoms with van der Waals surface area (Å²) in [5, 5.41) is 2.72. The molecule has 0 bridgehead atoms. The Morgan fingerprint density at radius 1 is 1.60 bits per heavy atom. The second-order valence-corrected chi connectivity index (χ2v) is 3.40. The van der Waals surface area contributed by atoms with Crippen LogP contribution in [0.15, 0.2) is 0 Å². The summed E-state index contributed by atoms with van der Waals surface area (Å²) in [6.07, 6.45) is 7.49. The zero-order chi connectivity index (χ0) is 11.7. The maximum Gasteiger partial charge on any atom is 0.237 e. The van der Waals surface area contributed by atoms with Gasteiger partial charge in [0.2, 0.25) is 5.91 Å². The molecule has 0 saturated carbocycles. The lowest BCUT2D eigenvalue weighted by atomic mass is 10.1. The molecule has 0 aliphatic heterocycles. The third-order valence-electron chi connectivity index (χ3n) is 2.06. The van der Waals surface area contributed by atoms with Gasteiger partial charge in [0.05, 0.1) is 12.1 Å². The summed E-state index contributed by atoms with van der Waals surface area (Å²) in [6, 6.07) is -0.756. The highest BCUT2D eigenvalue weighted by molar-refractivity contribution is 5.82.